The van der Waals surface area contributed by atoms with E-state index in [-0.39, 0.29) is 0 Å². The highest BCUT2D eigenvalue weighted by Gasteiger charge is 2.10. The van der Waals surface area contributed by atoms with Gasteiger partial charge in [-0.3, -0.25) is 0 Å². The predicted molar refractivity (Wildman–Crippen MR) is 58.2 cm³/mol. The van der Waals surface area contributed by atoms with Crippen LogP contribution in [-0.2, 0) is 6.42 Å². The van der Waals surface area contributed by atoms with Crippen LogP contribution in [0.25, 0.3) is 0 Å². The molecule has 0 aliphatic rings. The van der Waals surface area contributed by atoms with E-state index in [1.807, 2.05) is 24.3 Å². The highest BCUT2D eigenvalue weighted by atomic mass is 19.1. The van der Waals surface area contributed by atoms with Crippen LogP contribution in [0.15, 0.2) is 24.3 Å². The van der Waals surface area contributed by atoms with Crippen LogP contribution < -0.4 is 5.73 Å². The van der Waals surface area contributed by atoms with Crippen molar-refractivity contribution in [1.82, 2.24) is 0 Å². The Morgan fingerprint density at radius 3 is 2.50 bits per heavy atom. The summed E-state index contributed by atoms with van der Waals surface area (Å²) < 4.78 is 12.9. The molecule has 0 radical (unpaired) electrons. The maximum absolute atomic E-state index is 12.9. The Morgan fingerprint density at radius 2 is 1.93 bits per heavy atom. The Hall–Kier alpha value is -0.890. The second-order valence-electron chi connectivity index (χ2n) is 3.82. The molecule has 0 fully saturated rings. The standard InChI is InChI=1S/C12H18FN/c1-9(8-14)12-6-4-3-5-11(12)7-10(2)13/h3-6,9-10H,7-8,14H2,1-2H3. The third kappa shape index (κ3) is 2.81. The number of rotatable bonds is 4. The van der Waals surface area contributed by atoms with Crippen molar-refractivity contribution in [1.29, 1.82) is 0 Å². The summed E-state index contributed by atoms with van der Waals surface area (Å²) in [4.78, 5) is 0. The Morgan fingerprint density at radius 1 is 1.29 bits per heavy atom. The largest absolute Gasteiger partial charge is 0.330 e. The quantitative estimate of drug-likeness (QED) is 0.785. The van der Waals surface area contributed by atoms with E-state index < -0.39 is 6.17 Å². The first-order valence-electron chi connectivity index (χ1n) is 5.07. The topological polar surface area (TPSA) is 26.0 Å². The molecule has 0 bridgehead atoms. The van der Waals surface area contributed by atoms with Crippen molar-refractivity contribution >= 4 is 0 Å². The summed E-state index contributed by atoms with van der Waals surface area (Å²) in [6.07, 6.45) is -0.304. The zero-order valence-electron chi connectivity index (χ0n) is 8.83. The average Bonchev–Trinajstić information content (AvgIpc) is 2.16. The normalized spacial score (nSPS) is 15.1. The molecule has 1 rings (SSSR count). The van der Waals surface area contributed by atoms with Crippen LogP contribution in [-0.4, -0.2) is 12.7 Å². The summed E-state index contributed by atoms with van der Waals surface area (Å²) >= 11 is 0. The van der Waals surface area contributed by atoms with Crippen LogP contribution in [0.3, 0.4) is 0 Å². The molecule has 1 aromatic carbocycles. The van der Waals surface area contributed by atoms with Gasteiger partial charge in [0, 0.05) is 6.42 Å². The van der Waals surface area contributed by atoms with Crippen LogP contribution in [0.5, 0.6) is 0 Å². The van der Waals surface area contributed by atoms with Gasteiger partial charge in [-0.15, -0.1) is 0 Å². The first kappa shape index (κ1) is 11.2. The van der Waals surface area contributed by atoms with Crippen LogP contribution in [0.2, 0.25) is 0 Å². The second kappa shape index (κ2) is 5.11. The van der Waals surface area contributed by atoms with Crippen molar-refractivity contribution in [2.45, 2.75) is 32.4 Å². The van der Waals surface area contributed by atoms with Gasteiger partial charge < -0.3 is 5.73 Å². The molecule has 0 heterocycles. The number of benzene rings is 1. The molecule has 0 aliphatic carbocycles. The van der Waals surface area contributed by atoms with Crippen LogP contribution >= 0.6 is 0 Å². The molecule has 2 unspecified atom stereocenters. The maximum Gasteiger partial charge on any atom is 0.101 e. The molecule has 0 saturated carbocycles. The molecule has 14 heavy (non-hydrogen) atoms. The first-order valence-corrected chi connectivity index (χ1v) is 5.07. The molecule has 0 saturated heterocycles. The number of hydrogen-bond acceptors (Lipinski definition) is 1. The van der Waals surface area contributed by atoms with Crippen molar-refractivity contribution in [3.8, 4) is 0 Å². The fraction of sp³-hybridized carbons (Fsp3) is 0.500. The van der Waals surface area contributed by atoms with E-state index in [9.17, 15) is 4.39 Å². The van der Waals surface area contributed by atoms with E-state index in [0.29, 0.717) is 18.9 Å². The van der Waals surface area contributed by atoms with Gasteiger partial charge in [-0.25, -0.2) is 4.39 Å². The van der Waals surface area contributed by atoms with E-state index in [1.165, 1.54) is 5.56 Å². The number of hydrogen-bond donors (Lipinski definition) is 1. The third-order valence-electron chi connectivity index (χ3n) is 2.44. The van der Waals surface area contributed by atoms with Crippen molar-refractivity contribution in [3.63, 3.8) is 0 Å². The van der Waals surface area contributed by atoms with Crippen molar-refractivity contribution in [2.75, 3.05) is 6.54 Å². The Kier molecular flexibility index (Phi) is 4.08. The summed E-state index contributed by atoms with van der Waals surface area (Å²) in [6.45, 7) is 4.27. The predicted octanol–water partition coefficient (Wildman–Crippen LogP) is 2.65. The first-order chi connectivity index (χ1) is 6.65. The molecule has 0 aromatic heterocycles. The maximum atomic E-state index is 12.9. The Bertz CT molecular complexity index is 283. The summed E-state index contributed by atoms with van der Waals surface area (Å²) in [5.74, 6) is 0.310. The number of nitrogens with two attached hydrogens (primary N) is 1. The fourth-order valence-electron chi connectivity index (χ4n) is 1.63. The zero-order valence-corrected chi connectivity index (χ0v) is 8.83. The smallest absolute Gasteiger partial charge is 0.101 e. The SMILES string of the molecule is CC(F)Cc1ccccc1C(C)CN. The minimum absolute atomic E-state index is 0.310. The van der Waals surface area contributed by atoms with E-state index >= 15 is 0 Å². The van der Waals surface area contributed by atoms with E-state index in [0.717, 1.165) is 5.56 Å². The van der Waals surface area contributed by atoms with Gasteiger partial charge in [-0.2, -0.15) is 0 Å². The Balaban J connectivity index is 2.91. The monoisotopic (exact) mass is 195 g/mol. The summed E-state index contributed by atoms with van der Waals surface area (Å²) in [5, 5.41) is 0. The molecular formula is C12H18FN. The van der Waals surface area contributed by atoms with Gasteiger partial charge in [0.15, 0.2) is 0 Å². The van der Waals surface area contributed by atoms with Crippen molar-refractivity contribution < 1.29 is 4.39 Å². The van der Waals surface area contributed by atoms with Gasteiger partial charge in [0.1, 0.15) is 6.17 Å². The molecule has 2 atom stereocenters. The minimum Gasteiger partial charge on any atom is -0.330 e. The van der Waals surface area contributed by atoms with Crippen LogP contribution in [0.4, 0.5) is 4.39 Å². The van der Waals surface area contributed by atoms with E-state index in [1.54, 1.807) is 6.92 Å². The van der Waals surface area contributed by atoms with Crippen molar-refractivity contribution in [3.05, 3.63) is 35.4 Å². The molecular weight excluding hydrogens is 177 g/mol. The summed E-state index contributed by atoms with van der Waals surface area (Å²) in [7, 11) is 0. The fourth-order valence-corrected chi connectivity index (χ4v) is 1.63. The molecule has 1 nitrogen and oxygen atoms in total. The van der Waals surface area contributed by atoms with Gasteiger partial charge >= 0.3 is 0 Å². The summed E-state index contributed by atoms with van der Waals surface area (Å²) in [5.41, 5.74) is 7.87. The second-order valence-corrected chi connectivity index (χ2v) is 3.82. The lowest BCUT2D eigenvalue weighted by molar-refractivity contribution is 0.359. The molecule has 0 spiro atoms. The van der Waals surface area contributed by atoms with Gasteiger partial charge in [0.05, 0.1) is 0 Å². The molecule has 0 amide bonds. The zero-order chi connectivity index (χ0) is 10.6. The summed E-state index contributed by atoms with van der Waals surface area (Å²) in [6, 6.07) is 7.95. The van der Waals surface area contributed by atoms with E-state index in [2.05, 4.69) is 6.92 Å². The minimum atomic E-state index is -0.791. The lowest BCUT2D eigenvalue weighted by Gasteiger charge is -2.14. The van der Waals surface area contributed by atoms with Gasteiger partial charge in [-0.05, 0) is 30.5 Å². The molecule has 2 N–H and O–H groups in total. The number of alkyl halides is 1. The molecule has 0 aliphatic heterocycles. The number of halogens is 1. The highest BCUT2D eigenvalue weighted by molar-refractivity contribution is 5.30. The average molecular weight is 195 g/mol. The molecule has 2 heteroatoms. The van der Waals surface area contributed by atoms with Crippen LogP contribution in [0.1, 0.15) is 30.9 Å². The molecule has 78 valence electrons. The van der Waals surface area contributed by atoms with E-state index in [4.69, 9.17) is 5.73 Å². The third-order valence-corrected chi connectivity index (χ3v) is 2.44. The highest BCUT2D eigenvalue weighted by Crippen LogP contribution is 2.20. The Labute approximate surface area is 85.1 Å². The van der Waals surface area contributed by atoms with Gasteiger partial charge in [-0.1, -0.05) is 31.2 Å². The van der Waals surface area contributed by atoms with Gasteiger partial charge in [0.25, 0.3) is 0 Å². The van der Waals surface area contributed by atoms with Gasteiger partial charge in [0.2, 0.25) is 0 Å². The molecule has 1 aromatic rings. The van der Waals surface area contributed by atoms with Crippen molar-refractivity contribution in [2.24, 2.45) is 5.73 Å². The van der Waals surface area contributed by atoms with Crippen LogP contribution in [0, 0.1) is 0 Å². The lowest BCUT2D eigenvalue weighted by Crippen LogP contribution is -2.12. The lowest BCUT2D eigenvalue weighted by atomic mass is 9.93.